The van der Waals surface area contributed by atoms with Crippen molar-refractivity contribution >= 4 is 12.4 Å². The number of alkyl halides is 3. The zero-order chi connectivity index (χ0) is 10.4. The normalized spacial score (nSPS) is 18.1. The van der Waals surface area contributed by atoms with E-state index in [4.69, 9.17) is 5.73 Å². The van der Waals surface area contributed by atoms with Gasteiger partial charge in [0.25, 0.3) is 0 Å². The first-order chi connectivity index (χ1) is 6.43. The fourth-order valence-electron chi connectivity index (χ4n) is 1.40. The monoisotopic (exact) mass is 238 g/mol. The first-order valence-electron chi connectivity index (χ1n) is 4.25. The number of hydrogen-bond donors (Lipinski definition) is 1. The van der Waals surface area contributed by atoms with E-state index in [2.05, 4.69) is 4.98 Å². The minimum atomic E-state index is -4.36. The highest BCUT2D eigenvalue weighted by molar-refractivity contribution is 5.85. The van der Waals surface area contributed by atoms with E-state index in [0.717, 1.165) is 6.07 Å². The van der Waals surface area contributed by atoms with Gasteiger partial charge in [0.15, 0.2) is 0 Å². The van der Waals surface area contributed by atoms with Crippen molar-refractivity contribution in [2.24, 2.45) is 5.73 Å². The van der Waals surface area contributed by atoms with E-state index in [-0.39, 0.29) is 18.1 Å². The molecule has 0 aromatic carbocycles. The maximum absolute atomic E-state index is 12.5. The third kappa shape index (κ3) is 2.23. The predicted molar refractivity (Wildman–Crippen MR) is 51.6 cm³/mol. The molecule has 0 spiro atoms. The highest BCUT2D eigenvalue weighted by Crippen LogP contribution is 2.46. The van der Waals surface area contributed by atoms with Crippen LogP contribution in [0, 0.1) is 0 Å². The van der Waals surface area contributed by atoms with Crippen molar-refractivity contribution in [1.82, 2.24) is 4.98 Å². The van der Waals surface area contributed by atoms with Crippen molar-refractivity contribution < 1.29 is 13.2 Å². The molecular weight excluding hydrogens is 229 g/mol. The Morgan fingerprint density at radius 2 is 1.93 bits per heavy atom. The summed E-state index contributed by atoms with van der Waals surface area (Å²) in [6.45, 7) is 0. The largest absolute Gasteiger partial charge is 0.418 e. The molecule has 0 amide bonds. The lowest BCUT2D eigenvalue weighted by atomic mass is 10.1. The van der Waals surface area contributed by atoms with Gasteiger partial charge < -0.3 is 5.73 Å². The van der Waals surface area contributed by atoms with E-state index in [1.807, 2.05) is 0 Å². The summed E-state index contributed by atoms with van der Waals surface area (Å²) >= 11 is 0. The summed E-state index contributed by atoms with van der Waals surface area (Å²) in [6, 6.07) is 2.30. The van der Waals surface area contributed by atoms with Crippen LogP contribution in [-0.4, -0.2) is 4.98 Å². The average Bonchev–Trinajstić information content (AvgIpc) is 2.84. The number of rotatable bonds is 1. The lowest BCUT2D eigenvalue weighted by Crippen LogP contribution is -2.25. The predicted octanol–water partition coefficient (Wildman–Crippen LogP) is 2.47. The molecule has 2 nitrogen and oxygen atoms in total. The zero-order valence-corrected chi connectivity index (χ0v) is 8.53. The Labute approximate surface area is 91.1 Å². The van der Waals surface area contributed by atoms with Gasteiger partial charge in [-0.15, -0.1) is 12.4 Å². The van der Waals surface area contributed by atoms with Crippen molar-refractivity contribution in [2.45, 2.75) is 24.6 Å². The molecule has 6 heteroatoms. The second-order valence-corrected chi connectivity index (χ2v) is 3.55. The minimum Gasteiger partial charge on any atom is -0.320 e. The lowest BCUT2D eigenvalue weighted by Gasteiger charge is -2.15. The molecule has 0 aliphatic heterocycles. The number of hydrogen-bond acceptors (Lipinski definition) is 2. The molecule has 1 aromatic rings. The summed E-state index contributed by atoms with van der Waals surface area (Å²) in [5, 5.41) is 0. The smallest absolute Gasteiger partial charge is 0.320 e. The van der Waals surface area contributed by atoms with Crippen molar-refractivity contribution in [3.05, 3.63) is 29.6 Å². The lowest BCUT2D eigenvalue weighted by molar-refractivity contribution is -0.138. The van der Waals surface area contributed by atoms with E-state index in [9.17, 15) is 13.2 Å². The van der Waals surface area contributed by atoms with Gasteiger partial charge in [-0.3, -0.25) is 4.98 Å². The fourth-order valence-corrected chi connectivity index (χ4v) is 1.40. The van der Waals surface area contributed by atoms with E-state index in [1.54, 1.807) is 0 Å². The molecule has 0 radical (unpaired) electrons. The van der Waals surface area contributed by atoms with Gasteiger partial charge in [-0.1, -0.05) is 0 Å². The van der Waals surface area contributed by atoms with Gasteiger partial charge in [0.1, 0.15) is 0 Å². The Morgan fingerprint density at radius 1 is 1.33 bits per heavy atom. The summed E-state index contributed by atoms with van der Waals surface area (Å²) in [5.41, 5.74) is 4.13. The van der Waals surface area contributed by atoms with Crippen LogP contribution < -0.4 is 5.73 Å². The molecule has 0 unspecified atom stereocenters. The Hall–Kier alpha value is -0.810. The summed E-state index contributed by atoms with van der Waals surface area (Å²) in [5.74, 6) is 0. The molecule has 1 saturated carbocycles. The first kappa shape index (κ1) is 12.3. The molecule has 1 aliphatic rings. The highest BCUT2D eigenvalue weighted by Gasteiger charge is 2.47. The highest BCUT2D eigenvalue weighted by atomic mass is 35.5. The van der Waals surface area contributed by atoms with Crippen LogP contribution in [0.2, 0.25) is 0 Å². The van der Waals surface area contributed by atoms with E-state index in [1.165, 1.54) is 12.3 Å². The molecule has 1 heterocycles. The maximum Gasteiger partial charge on any atom is 0.418 e. The third-order valence-electron chi connectivity index (χ3n) is 2.37. The Balaban J connectivity index is 0.00000112. The molecule has 0 bridgehead atoms. The number of nitrogens with zero attached hydrogens (tertiary/aromatic N) is 1. The zero-order valence-electron chi connectivity index (χ0n) is 7.71. The Kier molecular flexibility index (Phi) is 2.98. The Morgan fingerprint density at radius 3 is 2.40 bits per heavy atom. The molecule has 0 saturated heterocycles. The molecule has 1 aliphatic carbocycles. The van der Waals surface area contributed by atoms with Crippen LogP contribution in [0.3, 0.4) is 0 Å². The van der Waals surface area contributed by atoms with E-state index < -0.39 is 17.3 Å². The number of aromatic nitrogens is 1. The van der Waals surface area contributed by atoms with Crippen LogP contribution in [0.1, 0.15) is 24.1 Å². The van der Waals surface area contributed by atoms with Crippen molar-refractivity contribution in [3.8, 4) is 0 Å². The summed E-state index contributed by atoms with van der Waals surface area (Å²) < 4.78 is 37.5. The SMILES string of the molecule is Cl.NC1(c2ncccc2C(F)(F)F)CC1. The molecule has 1 fully saturated rings. The van der Waals surface area contributed by atoms with Crippen LogP contribution in [-0.2, 0) is 11.7 Å². The van der Waals surface area contributed by atoms with Gasteiger partial charge in [-0.2, -0.15) is 13.2 Å². The van der Waals surface area contributed by atoms with Crippen LogP contribution in [0.15, 0.2) is 18.3 Å². The molecule has 1 aromatic heterocycles. The average molecular weight is 239 g/mol. The molecule has 84 valence electrons. The molecular formula is C9H10ClF3N2. The Bertz CT molecular complexity index is 336. The minimum absolute atomic E-state index is 0. The quantitative estimate of drug-likeness (QED) is 0.816. The maximum atomic E-state index is 12.5. The van der Waals surface area contributed by atoms with Crippen LogP contribution in [0.25, 0.3) is 0 Å². The van der Waals surface area contributed by atoms with Crippen molar-refractivity contribution in [1.29, 1.82) is 0 Å². The van der Waals surface area contributed by atoms with Gasteiger partial charge in [0.2, 0.25) is 0 Å². The van der Waals surface area contributed by atoms with Crippen LogP contribution in [0.4, 0.5) is 13.2 Å². The molecule has 15 heavy (non-hydrogen) atoms. The summed E-state index contributed by atoms with van der Waals surface area (Å²) in [4.78, 5) is 3.73. The number of nitrogens with two attached hydrogens (primary N) is 1. The standard InChI is InChI=1S/C9H9F3N2.ClH/c10-9(11,12)6-2-1-5-14-7(6)8(13)3-4-8;/h1-2,5H,3-4,13H2;1H. The molecule has 2 rings (SSSR count). The van der Waals surface area contributed by atoms with Gasteiger partial charge in [0.05, 0.1) is 16.8 Å². The van der Waals surface area contributed by atoms with Gasteiger partial charge in [-0.05, 0) is 25.0 Å². The van der Waals surface area contributed by atoms with Gasteiger partial charge in [-0.25, -0.2) is 0 Å². The van der Waals surface area contributed by atoms with E-state index >= 15 is 0 Å². The van der Waals surface area contributed by atoms with Crippen molar-refractivity contribution in [3.63, 3.8) is 0 Å². The molecule has 0 atom stereocenters. The molecule has 2 N–H and O–H groups in total. The van der Waals surface area contributed by atoms with E-state index in [0.29, 0.717) is 12.8 Å². The van der Waals surface area contributed by atoms with Crippen molar-refractivity contribution in [2.75, 3.05) is 0 Å². The third-order valence-corrected chi connectivity index (χ3v) is 2.37. The number of halogens is 4. The fraction of sp³-hybridized carbons (Fsp3) is 0.444. The van der Waals surface area contributed by atoms with Gasteiger partial charge >= 0.3 is 6.18 Å². The topological polar surface area (TPSA) is 38.9 Å². The second-order valence-electron chi connectivity index (χ2n) is 3.55. The first-order valence-corrected chi connectivity index (χ1v) is 4.25. The number of pyridine rings is 1. The van der Waals surface area contributed by atoms with Crippen LogP contribution in [0.5, 0.6) is 0 Å². The van der Waals surface area contributed by atoms with Crippen LogP contribution >= 0.6 is 12.4 Å². The second kappa shape index (κ2) is 3.64. The summed E-state index contributed by atoms with van der Waals surface area (Å²) in [6.07, 6.45) is -1.86. The summed E-state index contributed by atoms with van der Waals surface area (Å²) in [7, 11) is 0. The van der Waals surface area contributed by atoms with Gasteiger partial charge in [0, 0.05) is 6.20 Å².